The minimum Gasteiger partial charge on any atom is -0.462 e. The van der Waals surface area contributed by atoms with Crippen molar-refractivity contribution in [2.75, 3.05) is 5.32 Å². The van der Waals surface area contributed by atoms with E-state index in [4.69, 9.17) is 4.42 Å². The van der Waals surface area contributed by atoms with Gasteiger partial charge in [0.1, 0.15) is 17.3 Å². The number of carbonyl (C=O) groups is 1. The number of rotatable bonds is 3. The Morgan fingerprint density at radius 3 is 2.78 bits per heavy atom. The molecule has 0 spiro atoms. The Labute approximate surface area is 105 Å². The monoisotopic (exact) mass is 245 g/mol. The van der Waals surface area contributed by atoms with Gasteiger partial charge in [-0.25, -0.2) is 0 Å². The molecular formula is C13H15N3O2. The topological polar surface area (TPSA) is 60.1 Å². The first kappa shape index (κ1) is 12.2. The number of hydrogen-bond acceptors (Lipinski definition) is 3. The van der Waals surface area contributed by atoms with Crippen LogP contribution in [0, 0.1) is 13.8 Å². The van der Waals surface area contributed by atoms with Crippen molar-refractivity contribution >= 4 is 17.8 Å². The van der Waals surface area contributed by atoms with E-state index in [1.165, 1.54) is 6.08 Å². The Morgan fingerprint density at radius 2 is 2.22 bits per heavy atom. The molecule has 18 heavy (non-hydrogen) atoms. The fraction of sp³-hybridized carbons (Fsp3) is 0.231. The van der Waals surface area contributed by atoms with Crippen molar-refractivity contribution in [3.05, 3.63) is 41.5 Å². The molecule has 0 aromatic carbocycles. The highest BCUT2D eigenvalue weighted by Crippen LogP contribution is 2.10. The fourth-order valence-corrected chi connectivity index (χ4v) is 1.60. The number of amides is 1. The van der Waals surface area contributed by atoms with Crippen LogP contribution in [0.3, 0.4) is 0 Å². The smallest absolute Gasteiger partial charge is 0.249 e. The third kappa shape index (κ3) is 2.88. The van der Waals surface area contributed by atoms with Gasteiger partial charge in [0, 0.05) is 19.2 Å². The van der Waals surface area contributed by atoms with E-state index in [1.807, 2.05) is 32.0 Å². The normalized spacial score (nSPS) is 11.1. The quantitative estimate of drug-likeness (QED) is 0.844. The van der Waals surface area contributed by atoms with E-state index in [9.17, 15) is 4.79 Å². The second-order valence-electron chi connectivity index (χ2n) is 4.07. The molecular weight excluding hydrogens is 230 g/mol. The zero-order valence-electron chi connectivity index (χ0n) is 10.6. The van der Waals surface area contributed by atoms with E-state index in [2.05, 4.69) is 10.4 Å². The summed E-state index contributed by atoms with van der Waals surface area (Å²) in [5.74, 6) is 1.92. The minimum absolute atomic E-state index is 0.216. The zero-order chi connectivity index (χ0) is 13.1. The summed E-state index contributed by atoms with van der Waals surface area (Å²) in [5.41, 5.74) is 0.860. The molecule has 0 bridgehead atoms. The van der Waals surface area contributed by atoms with Crippen LogP contribution in [0.5, 0.6) is 0 Å². The molecule has 2 rings (SSSR count). The summed E-state index contributed by atoms with van der Waals surface area (Å²) in [5, 5.41) is 6.89. The van der Waals surface area contributed by atoms with Gasteiger partial charge in [0.25, 0.3) is 0 Å². The highest BCUT2D eigenvalue weighted by molar-refractivity contribution is 6.01. The second-order valence-corrected chi connectivity index (χ2v) is 4.07. The lowest BCUT2D eigenvalue weighted by atomic mass is 10.3. The van der Waals surface area contributed by atoms with E-state index < -0.39 is 0 Å². The lowest BCUT2D eigenvalue weighted by Gasteiger charge is -2.00. The molecule has 94 valence electrons. The maximum Gasteiger partial charge on any atom is 0.249 e. The number of nitrogens with zero attached hydrogens (tertiary/aromatic N) is 2. The Hall–Kier alpha value is -2.30. The predicted octanol–water partition coefficient (Wildman–Crippen LogP) is 2.28. The SMILES string of the molecule is Cc1cc(NC(=O)/C=C/c2ccc(C)o2)n(C)n1. The van der Waals surface area contributed by atoms with Crippen LogP contribution >= 0.6 is 0 Å². The van der Waals surface area contributed by atoms with Gasteiger partial charge in [0.2, 0.25) is 5.91 Å². The Morgan fingerprint density at radius 1 is 1.44 bits per heavy atom. The number of hydrogen-bond donors (Lipinski definition) is 1. The van der Waals surface area contributed by atoms with Crippen LogP contribution in [0.25, 0.3) is 6.08 Å². The Bertz CT molecular complexity index is 593. The summed E-state index contributed by atoms with van der Waals surface area (Å²) in [7, 11) is 1.78. The van der Waals surface area contributed by atoms with Crippen molar-refractivity contribution in [1.29, 1.82) is 0 Å². The van der Waals surface area contributed by atoms with Gasteiger partial charge in [0.15, 0.2) is 0 Å². The van der Waals surface area contributed by atoms with Gasteiger partial charge >= 0.3 is 0 Å². The van der Waals surface area contributed by atoms with E-state index in [0.29, 0.717) is 11.6 Å². The molecule has 0 fully saturated rings. The first-order chi connectivity index (χ1) is 8.54. The van der Waals surface area contributed by atoms with Crippen LogP contribution in [0.2, 0.25) is 0 Å². The molecule has 0 radical (unpaired) electrons. The highest BCUT2D eigenvalue weighted by atomic mass is 16.3. The summed E-state index contributed by atoms with van der Waals surface area (Å²) in [6.45, 7) is 3.73. The number of anilines is 1. The molecule has 1 amide bonds. The molecule has 0 atom stereocenters. The molecule has 2 aromatic rings. The molecule has 0 saturated carbocycles. The largest absolute Gasteiger partial charge is 0.462 e. The van der Waals surface area contributed by atoms with E-state index in [-0.39, 0.29) is 5.91 Å². The van der Waals surface area contributed by atoms with Gasteiger partial charge in [-0.05, 0) is 32.1 Å². The van der Waals surface area contributed by atoms with Crippen LogP contribution in [0.15, 0.2) is 28.7 Å². The number of aryl methyl sites for hydroxylation is 3. The zero-order valence-corrected chi connectivity index (χ0v) is 10.6. The third-order valence-electron chi connectivity index (χ3n) is 2.41. The minimum atomic E-state index is -0.216. The highest BCUT2D eigenvalue weighted by Gasteiger charge is 2.04. The summed E-state index contributed by atoms with van der Waals surface area (Å²) in [6.07, 6.45) is 3.06. The molecule has 2 heterocycles. The summed E-state index contributed by atoms with van der Waals surface area (Å²) in [6, 6.07) is 5.47. The number of carbonyl (C=O) groups excluding carboxylic acids is 1. The number of furan rings is 1. The Kier molecular flexibility index (Phi) is 3.32. The van der Waals surface area contributed by atoms with Crippen LogP contribution in [-0.4, -0.2) is 15.7 Å². The van der Waals surface area contributed by atoms with Crippen molar-refractivity contribution < 1.29 is 9.21 Å². The number of aromatic nitrogens is 2. The van der Waals surface area contributed by atoms with Crippen molar-refractivity contribution in [2.24, 2.45) is 7.05 Å². The second kappa shape index (κ2) is 4.91. The molecule has 0 unspecified atom stereocenters. The molecule has 0 aliphatic rings. The van der Waals surface area contributed by atoms with Crippen LogP contribution in [0.4, 0.5) is 5.82 Å². The maximum atomic E-state index is 11.7. The average molecular weight is 245 g/mol. The lowest BCUT2D eigenvalue weighted by Crippen LogP contribution is -2.11. The van der Waals surface area contributed by atoms with Crippen molar-refractivity contribution in [3.63, 3.8) is 0 Å². The maximum absolute atomic E-state index is 11.7. The van der Waals surface area contributed by atoms with E-state index in [0.717, 1.165) is 11.5 Å². The van der Waals surface area contributed by atoms with Gasteiger partial charge in [-0.15, -0.1) is 0 Å². The van der Waals surface area contributed by atoms with Crippen molar-refractivity contribution in [3.8, 4) is 0 Å². The molecule has 0 saturated heterocycles. The Balaban J connectivity index is 2.01. The van der Waals surface area contributed by atoms with Gasteiger partial charge in [0.05, 0.1) is 5.69 Å². The molecule has 0 aliphatic heterocycles. The fourth-order valence-electron chi connectivity index (χ4n) is 1.60. The molecule has 5 nitrogen and oxygen atoms in total. The first-order valence-electron chi connectivity index (χ1n) is 5.61. The van der Waals surface area contributed by atoms with Crippen LogP contribution in [0.1, 0.15) is 17.2 Å². The van der Waals surface area contributed by atoms with Crippen LogP contribution < -0.4 is 5.32 Å². The van der Waals surface area contributed by atoms with Gasteiger partial charge in [-0.1, -0.05) is 0 Å². The van der Waals surface area contributed by atoms with E-state index >= 15 is 0 Å². The average Bonchev–Trinajstić information content (AvgIpc) is 2.83. The third-order valence-corrected chi connectivity index (χ3v) is 2.41. The summed E-state index contributed by atoms with van der Waals surface area (Å²) in [4.78, 5) is 11.7. The predicted molar refractivity (Wildman–Crippen MR) is 69.1 cm³/mol. The van der Waals surface area contributed by atoms with Crippen molar-refractivity contribution in [2.45, 2.75) is 13.8 Å². The van der Waals surface area contributed by atoms with Gasteiger partial charge in [-0.2, -0.15) is 5.10 Å². The standard InChI is InChI=1S/C13H15N3O2/c1-9-8-12(16(3)15-9)14-13(17)7-6-11-5-4-10(2)18-11/h4-8H,1-3H3,(H,14,17)/b7-6+. The van der Waals surface area contributed by atoms with Gasteiger partial charge in [-0.3, -0.25) is 9.48 Å². The lowest BCUT2D eigenvalue weighted by molar-refractivity contribution is -0.111. The molecule has 5 heteroatoms. The summed E-state index contributed by atoms with van der Waals surface area (Å²) < 4.78 is 6.95. The number of nitrogens with one attached hydrogen (secondary N) is 1. The van der Waals surface area contributed by atoms with Crippen LogP contribution in [-0.2, 0) is 11.8 Å². The first-order valence-corrected chi connectivity index (χ1v) is 5.61. The van der Waals surface area contributed by atoms with Crippen molar-refractivity contribution in [1.82, 2.24) is 9.78 Å². The summed E-state index contributed by atoms with van der Waals surface area (Å²) >= 11 is 0. The molecule has 0 aliphatic carbocycles. The van der Waals surface area contributed by atoms with E-state index in [1.54, 1.807) is 17.8 Å². The molecule has 2 aromatic heterocycles. The molecule has 1 N–H and O–H groups in total. The van der Waals surface area contributed by atoms with Gasteiger partial charge < -0.3 is 9.73 Å².